The number of phenolic OH excluding ortho intramolecular Hbond substituents is 1. The fourth-order valence-corrected chi connectivity index (χ4v) is 6.08. The molecule has 0 aliphatic heterocycles. The van der Waals surface area contributed by atoms with Crippen LogP contribution in [-0.4, -0.2) is 43.4 Å². The summed E-state index contributed by atoms with van der Waals surface area (Å²) in [7, 11) is 0. The molecule has 1 aromatic carbocycles. The summed E-state index contributed by atoms with van der Waals surface area (Å²) in [5.41, 5.74) is 1.89. The normalized spacial score (nSPS) is 12.5. The molecule has 1 unspecified atom stereocenters. The maximum atomic E-state index is 13.2. The van der Waals surface area contributed by atoms with Gasteiger partial charge in [0.05, 0.1) is 24.4 Å². The van der Waals surface area contributed by atoms with E-state index in [1.807, 2.05) is 27.7 Å². The van der Waals surface area contributed by atoms with Crippen molar-refractivity contribution in [3.63, 3.8) is 0 Å². The van der Waals surface area contributed by atoms with E-state index in [0.717, 1.165) is 19.3 Å². The third-order valence-corrected chi connectivity index (χ3v) is 8.86. The number of halogens is 1. The summed E-state index contributed by atoms with van der Waals surface area (Å²) >= 11 is 6.60. The highest BCUT2D eigenvalue weighted by Crippen LogP contribution is 2.34. The standard InChI is InChI=1S/C36H56ClN5O4/c1-6-8-9-10-11-12-13-14-15-16-17-18-19-20-23-46-30(44)24-26(7-2)35(45)38-29-22-21-27(43)25-28(29)33-39-34-31(37)32(36(3,4)5)40-42(34)41-33/h21-22,25-26,43H,6-20,23-24H2,1-5H3,(H,38,45)(H,39,41). The first-order valence-electron chi connectivity index (χ1n) is 17.5. The number of carbonyl (C=O) groups is 2. The van der Waals surface area contributed by atoms with E-state index < -0.39 is 5.92 Å². The summed E-state index contributed by atoms with van der Waals surface area (Å²) in [6.07, 6.45) is 18.3. The Balaban J connectivity index is 1.40. The number of anilines is 1. The van der Waals surface area contributed by atoms with Gasteiger partial charge in [-0.2, -0.15) is 5.10 Å². The van der Waals surface area contributed by atoms with Crippen molar-refractivity contribution in [3.05, 3.63) is 28.9 Å². The van der Waals surface area contributed by atoms with Gasteiger partial charge in [-0.15, -0.1) is 9.73 Å². The fourth-order valence-electron chi connectivity index (χ4n) is 5.64. The monoisotopic (exact) mass is 657 g/mol. The van der Waals surface area contributed by atoms with Gasteiger partial charge in [-0.1, -0.05) is 130 Å². The molecule has 3 rings (SSSR count). The van der Waals surface area contributed by atoms with Crippen LogP contribution in [0.5, 0.6) is 5.75 Å². The van der Waals surface area contributed by atoms with E-state index in [1.54, 1.807) is 6.07 Å². The van der Waals surface area contributed by atoms with Crippen molar-refractivity contribution >= 4 is 34.8 Å². The Hall–Kier alpha value is -3.07. The number of H-pyrrole nitrogens is 1. The van der Waals surface area contributed by atoms with Gasteiger partial charge in [0, 0.05) is 16.9 Å². The molecule has 0 aliphatic carbocycles. The van der Waals surface area contributed by atoms with Crippen LogP contribution in [0.2, 0.25) is 5.02 Å². The van der Waals surface area contributed by atoms with Gasteiger partial charge in [0.1, 0.15) is 10.8 Å². The van der Waals surface area contributed by atoms with Crippen molar-refractivity contribution < 1.29 is 19.4 Å². The number of benzene rings is 1. The first kappa shape index (κ1) is 37.4. The number of aromatic hydroxyl groups is 1. The number of ether oxygens (including phenoxy) is 1. The number of carbonyl (C=O) groups excluding carboxylic acids is 2. The number of fused-ring (bicyclic) bond motifs is 1. The van der Waals surface area contributed by atoms with Crippen molar-refractivity contribution in [3.8, 4) is 17.1 Å². The lowest BCUT2D eigenvalue weighted by Crippen LogP contribution is -2.26. The molecule has 9 nitrogen and oxygen atoms in total. The lowest BCUT2D eigenvalue weighted by atomic mass is 9.92. The van der Waals surface area contributed by atoms with E-state index in [2.05, 4.69) is 27.4 Å². The van der Waals surface area contributed by atoms with E-state index >= 15 is 0 Å². The van der Waals surface area contributed by atoms with Crippen LogP contribution in [0.25, 0.3) is 17.0 Å². The lowest BCUT2D eigenvalue weighted by Gasteiger charge is -2.16. The fraction of sp³-hybridized carbons (Fsp3) is 0.667. The van der Waals surface area contributed by atoms with Crippen LogP contribution >= 0.6 is 11.6 Å². The molecule has 1 atom stereocenters. The number of rotatable bonds is 21. The number of amides is 1. The summed E-state index contributed by atoms with van der Waals surface area (Å²) < 4.78 is 6.90. The Bertz CT molecular complexity index is 1380. The minimum atomic E-state index is -0.553. The Morgan fingerprint density at radius 3 is 2.07 bits per heavy atom. The van der Waals surface area contributed by atoms with E-state index in [9.17, 15) is 14.7 Å². The number of esters is 1. The van der Waals surface area contributed by atoms with Crippen molar-refractivity contribution in [1.29, 1.82) is 0 Å². The molecule has 256 valence electrons. The second-order valence-corrected chi connectivity index (χ2v) is 13.9. The number of aromatic amines is 1. The Labute approximate surface area is 280 Å². The summed E-state index contributed by atoms with van der Waals surface area (Å²) in [5.74, 6) is -0.811. The van der Waals surface area contributed by atoms with Crippen molar-refractivity contribution in [2.45, 2.75) is 143 Å². The number of phenols is 1. The highest BCUT2D eigenvalue weighted by atomic mass is 35.5. The molecule has 0 spiro atoms. The molecule has 2 heterocycles. The first-order chi connectivity index (χ1) is 22.0. The molecule has 2 aromatic heterocycles. The average molecular weight is 658 g/mol. The minimum absolute atomic E-state index is 0.00805. The third kappa shape index (κ3) is 11.6. The van der Waals surface area contributed by atoms with Crippen molar-refractivity contribution in [2.75, 3.05) is 11.9 Å². The molecule has 0 fully saturated rings. The maximum Gasteiger partial charge on any atom is 0.306 e. The average Bonchev–Trinajstić information content (AvgIpc) is 3.57. The van der Waals surface area contributed by atoms with Gasteiger partial charge in [-0.25, -0.2) is 0 Å². The molecular weight excluding hydrogens is 602 g/mol. The van der Waals surface area contributed by atoms with Gasteiger partial charge >= 0.3 is 5.97 Å². The first-order valence-corrected chi connectivity index (χ1v) is 17.9. The second-order valence-electron chi connectivity index (χ2n) is 13.6. The quantitative estimate of drug-likeness (QED) is 0.0595. The zero-order valence-corrected chi connectivity index (χ0v) is 29.5. The number of hydrogen-bond donors (Lipinski definition) is 3. The van der Waals surface area contributed by atoms with Gasteiger partial charge < -0.3 is 20.1 Å². The molecule has 10 heteroatoms. The van der Waals surface area contributed by atoms with Crippen LogP contribution in [0.4, 0.5) is 5.69 Å². The topological polar surface area (TPSA) is 122 Å². The van der Waals surface area contributed by atoms with Crippen LogP contribution in [0.1, 0.15) is 143 Å². The molecule has 1 amide bonds. The van der Waals surface area contributed by atoms with Gasteiger partial charge in [-0.05, 0) is 31.0 Å². The van der Waals surface area contributed by atoms with Crippen molar-refractivity contribution in [1.82, 2.24) is 19.8 Å². The van der Waals surface area contributed by atoms with Gasteiger partial charge in [-0.3, -0.25) is 9.59 Å². The van der Waals surface area contributed by atoms with Crippen LogP contribution in [-0.2, 0) is 19.7 Å². The zero-order chi connectivity index (χ0) is 33.5. The number of unbranched alkanes of at least 4 members (excludes halogenated alkanes) is 13. The summed E-state index contributed by atoms with van der Waals surface area (Å²) in [5, 5.41) is 22.6. The minimum Gasteiger partial charge on any atom is -0.508 e. The molecule has 0 saturated heterocycles. The van der Waals surface area contributed by atoms with Crippen LogP contribution in [0.15, 0.2) is 18.2 Å². The van der Waals surface area contributed by atoms with E-state index in [-0.39, 0.29) is 29.5 Å². The molecule has 3 N–H and O–H groups in total. The molecule has 46 heavy (non-hydrogen) atoms. The predicted molar refractivity (Wildman–Crippen MR) is 186 cm³/mol. The molecule has 0 saturated carbocycles. The number of aromatic nitrogens is 4. The predicted octanol–water partition coefficient (Wildman–Crippen LogP) is 9.76. The maximum absolute atomic E-state index is 13.2. The highest BCUT2D eigenvalue weighted by molar-refractivity contribution is 6.34. The van der Waals surface area contributed by atoms with E-state index in [0.29, 0.717) is 46.5 Å². The SMILES string of the molecule is CCCCCCCCCCCCCCCCOC(=O)CC(CC)C(=O)Nc1ccc(O)cc1-c1nn2nc(C(C)(C)C)c(Cl)c2[nH]1. The summed E-state index contributed by atoms with van der Waals surface area (Å²) in [6, 6.07) is 4.61. The highest BCUT2D eigenvalue weighted by Gasteiger charge is 2.27. The Morgan fingerprint density at radius 2 is 1.52 bits per heavy atom. The molecular formula is C36H56ClN5O4. The smallest absolute Gasteiger partial charge is 0.306 e. The largest absolute Gasteiger partial charge is 0.508 e. The molecule has 0 aliphatic rings. The second kappa shape index (κ2) is 18.9. The molecule has 0 bridgehead atoms. The lowest BCUT2D eigenvalue weighted by molar-refractivity contribution is -0.146. The number of nitrogens with one attached hydrogen (secondary N) is 2. The number of nitrogens with zero attached hydrogens (tertiary/aromatic N) is 3. The summed E-state index contributed by atoms with van der Waals surface area (Å²) in [4.78, 5) is 29.0. The van der Waals surface area contributed by atoms with E-state index in [1.165, 1.54) is 87.4 Å². The summed E-state index contributed by atoms with van der Waals surface area (Å²) in [6.45, 7) is 10.6. The number of hydrogen-bond acceptors (Lipinski definition) is 6. The Morgan fingerprint density at radius 1 is 0.935 bits per heavy atom. The zero-order valence-electron chi connectivity index (χ0n) is 28.7. The van der Waals surface area contributed by atoms with E-state index in [4.69, 9.17) is 16.3 Å². The third-order valence-electron chi connectivity index (χ3n) is 8.51. The van der Waals surface area contributed by atoms with Crippen molar-refractivity contribution in [2.24, 2.45) is 5.92 Å². The van der Waals surface area contributed by atoms with Gasteiger partial charge in [0.2, 0.25) is 5.91 Å². The van der Waals surface area contributed by atoms with Gasteiger partial charge in [0.15, 0.2) is 11.5 Å². The molecule has 3 aromatic rings. The van der Waals surface area contributed by atoms with Crippen LogP contribution in [0.3, 0.4) is 0 Å². The van der Waals surface area contributed by atoms with Crippen LogP contribution in [0, 0.1) is 5.92 Å². The Kier molecular flexibility index (Phi) is 15.4. The molecule has 0 radical (unpaired) electrons. The van der Waals surface area contributed by atoms with Crippen LogP contribution < -0.4 is 5.32 Å². The van der Waals surface area contributed by atoms with Gasteiger partial charge in [0.25, 0.3) is 0 Å².